The molecule has 1 aliphatic carbocycles. The lowest BCUT2D eigenvalue weighted by molar-refractivity contribution is -0.111. The zero-order chi connectivity index (χ0) is 23.2. The molecule has 6 nitrogen and oxygen atoms in total. The second-order valence-electron chi connectivity index (χ2n) is 7.70. The number of benzene rings is 3. The van der Waals surface area contributed by atoms with Gasteiger partial charge in [-0.25, -0.2) is 0 Å². The summed E-state index contributed by atoms with van der Waals surface area (Å²) < 4.78 is 0. The SMILES string of the molecule is O=C(/C=C/c1ccc(C(=O)NC2CC2)cc1)Nc1ccccc1C(=O)Nc1ccc(Cl)cc1. The van der Waals surface area contributed by atoms with E-state index in [9.17, 15) is 14.4 Å². The maximum absolute atomic E-state index is 12.7. The fourth-order valence-corrected chi connectivity index (χ4v) is 3.24. The molecule has 0 unspecified atom stereocenters. The summed E-state index contributed by atoms with van der Waals surface area (Å²) in [5.41, 5.74) is 2.69. The van der Waals surface area contributed by atoms with Gasteiger partial charge in [0.05, 0.1) is 11.3 Å². The molecule has 3 aromatic carbocycles. The monoisotopic (exact) mass is 459 g/mol. The Bertz CT molecular complexity index is 1200. The molecule has 0 heterocycles. The van der Waals surface area contributed by atoms with Crippen LogP contribution in [0.2, 0.25) is 5.02 Å². The predicted molar refractivity (Wildman–Crippen MR) is 130 cm³/mol. The van der Waals surface area contributed by atoms with Crippen molar-refractivity contribution in [2.24, 2.45) is 0 Å². The van der Waals surface area contributed by atoms with Crippen LogP contribution < -0.4 is 16.0 Å². The average molecular weight is 460 g/mol. The summed E-state index contributed by atoms with van der Waals surface area (Å²) in [4.78, 5) is 37.2. The second-order valence-corrected chi connectivity index (χ2v) is 8.14. The van der Waals surface area contributed by atoms with Crippen molar-refractivity contribution in [3.8, 4) is 0 Å². The van der Waals surface area contributed by atoms with Crippen LogP contribution in [0.4, 0.5) is 11.4 Å². The van der Waals surface area contributed by atoms with E-state index in [4.69, 9.17) is 11.6 Å². The number of hydrogen-bond acceptors (Lipinski definition) is 3. The molecule has 33 heavy (non-hydrogen) atoms. The van der Waals surface area contributed by atoms with Gasteiger partial charge in [0.1, 0.15) is 0 Å². The number of amides is 3. The van der Waals surface area contributed by atoms with Gasteiger partial charge in [-0.2, -0.15) is 0 Å². The molecule has 1 fully saturated rings. The molecule has 7 heteroatoms. The first-order valence-corrected chi connectivity index (χ1v) is 10.9. The smallest absolute Gasteiger partial charge is 0.257 e. The summed E-state index contributed by atoms with van der Waals surface area (Å²) in [6, 6.07) is 20.8. The molecule has 0 bridgehead atoms. The highest BCUT2D eigenvalue weighted by Gasteiger charge is 2.23. The highest BCUT2D eigenvalue weighted by Crippen LogP contribution is 2.20. The molecule has 0 saturated heterocycles. The number of anilines is 2. The van der Waals surface area contributed by atoms with Gasteiger partial charge in [-0.3, -0.25) is 14.4 Å². The summed E-state index contributed by atoms with van der Waals surface area (Å²) >= 11 is 5.88. The van der Waals surface area contributed by atoms with Crippen molar-refractivity contribution >= 4 is 46.8 Å². The summed E-state index contributed by atoms with van der Waals surface area (Å²) in [7, 11) is 0. The third kappa shape index (κ3) is 6.30. The molecule has 0 atom stereocenters. The Hall–Kier alpha value is -3.90. The number of nitrogens with one attached hydrogen (secondary N) is 3. The Morgan fingerprint density at radius 2 is 1.52 bits per heavy atom. The van der Waals surface area contributed by atoms with Crippen LogP contribution in [0.1, 0.15) is 39.1 Å². The Balaban J connectivity index is 1.38. The molecular formula is C26H22ClN3O3. The van der Waals surface area contributed by atoms with Crippen LogP contribution in [0, 0.1) is 0 Å². The molecular weight excluding hydrogens is 438 g/mol. The van der Waals surface area contributed by atoms with Crippen molar-refractivity contribution < 1.29 is 14.4 Å². The highest BCUT2D eigenvalue weighted by atomic mass is 35.5. The van der Waals surface area contributed by atoms with Gasteiger partial charge in [-0.15, -0.1) is 0 Å². The highest BCUT2D eigenvalue weighted by molar-refractivity contribution is 6.30. The topological polar surface area (TPSA) is 87.3 Å². The first kappa shape index (κ1) is 22.3. The lowest BCUT2D eigenvalue weighted by Crippen LogP contribution is -2.25. The molecule has 0 spiro atoms. The lowest BCUT2D eigenvalue weighted by Gasteiger charge is -2.10. The normalized spacial score (nSPS) is 12.9. The minimum atomic E-state index is -0.378. The Morgan fingerprint density at radius 1 is 0.818 bits per heavy atom. The Kier molecular flexibility index (Phi) is 6.86. The number of carbonyl (C=O) groups is 3. The van der Waals surface area contributed by atoms with Gasteiger partial charge < -0.3 is 16.0 Å². The molecule has 4 rings (SSSR count). The minimum absolute atomic E-state index is 0.0840. The maximum Gasteiger partial charge on any atom is 0.257 e. The van der Waals surface area contributed by atoms with E-state index in [1.54, 1.807) is 78.9 Å². The van der Waals surface area contributed by atoms with Crippen LogP contribution in [0.3, 0.4) is 0 Å². The van der Waals surface area contributed by atoms with E-state index < -0.39 is 0 Å². The van der Waals surface area contributed by atoms with Crippen LogP contribution in [0.5, 0.6) is 0 Å². The third-order valence-electron chi connectivity index (χ3n) is 5.04. The van der Waals surface area contributed by atoms with Crippen molar-refractivity contribution in [1.29, 1.82) is 0 Å². The molecule has 3 N–H and O–H groups in total. The van der Waals surface area contributed by atoms with E-state index in [1.807, 2.05) is 0 Å². The number of carbonyl (C=O) groups excluding carboxylic acids is 3. The number of hydrogen-bond donors (Lipinski definition) is 3. The summed E-state index contributed by atoms with van der Waals surface area (Å²) in [5.74, 6) is -0.811. The minimum Gasteiger partial charge on any atom is -0.349 e. The summed E-state index contributed by atoms with van der Waals surface area (Å²) in [6.07, 6.45) is 5.10. The largest absolute Gasteiger partial charge is 0.349 e. The maximum atomic E-state index is 12.7. The number of para-hydroxylation sites is 1. The van der Waals surface area contributed by atoms with Gasteiger partial charge >= 0.3 is 0 Å². The third-order valence-corrected chi connectivity index (χ3v) is 5.30. The van der Waals surface area contributed by atoms with Gasteiger partial charge in [-0.1, -0.05) is 35.9 Å². The molecule has 1 saturated carbocycles. The van der Waals surface area contributed by atoms with Crippen LogP contribution in [0.15, 0.2) is 78.9 Å². The van der Waals surface area contributed by atoms with Gasteiger partial charge in [0.15, 0.2) is 0 Å². The van der Waals surface area contributed by atoms with Crippen LogP contribution in [-0.4, -0.2) is 23.8 Å². The molecule has 0 aliphatic heterocycles. The zero-order valence-corrected chi connectivity index (χ0v) is 18.4. The van der Waals surface area contributed by atoms with Gasteiger partial charge in [0.25, 0.3) is 11.8 Å². The summed E-state index contributed by atoms with van der Waals surface area (Å²) in [6.45, 7) is 0. The molecule has 1 aliphatic rings. The van der Waals surface area contributed by atoms with Crippen LogP contribution >= 0.6 is 11.6 Å². The van der Waals surface area contributed by atoms with Gasteiger partial charge in [-0.05, 0) is 73.0 Å². The van der Waals surface area contributed by atoms with Gasteiger partial charge in [0.2, 0.25) is 5.91 Å². The van der Waals surface area contributed by atoms with E-state index in [2.05, 4.69) is 16.0 Å². The van der Waals surface area contributed by atoms with Crippen molar-refractivity contribution in [3.05, 3.63) is 101 Å². The van der Waals surface area contributed by atoms with Crippen LogP contribution in [-0.2, 0) is 4.79 Å². The van der Waals surface area contributed by atoms with Crippen LogP contribution in [0.25, 0.3) is 6.08 Å². The average Bonchev–Trinajstić information content (AvgIpc) is 3.64. The predicted octanol–water partition coefficient (Wildman–Crippen LogP) is 5.14. The molecule has 3 amide bonds. The first-order chi connectivity index (χ1) is 16.0. The molecule has 3 aromatic rings. The van der Waals surface area contributed by atoms with Crippen molar-refractivity contribution in [2.45, 2.75) is 18.9 Å². The van der Waals surface area contributed by atoms with E-state index in [0.717, 1.165) is 18.4 Å². The van der Waals surface area contributed by atoms with E-state index >= 15 is 0 Å². The summed E-state index contributed by atoms with van der Waals surface area (Å²) in [5, 5.41) is 9.04. The molecule has 166 valence electrons. The Morgan fingerprint density at radius 3 is 2.21 bits per heavy atom. The fourth-order valence-electron chi connectivity index (χ4n) is 3.11. The molecule has 0 radical (unpaired) electrons. The Labute approximate surface area is 196 Å². The fraction of sp³-hybridized carbons (Fsp3) is 0.115. The van der Waals surface area contributed by atoms with Crippen molar-refractivity contribution in [2.75, 3.05) is 10.6 Å². The number of rotatable bonds is 7. The zero-order valence-electron chi connectivity index (χ0n) is 17.7. The lowest BCUT2D eigenvalue weighted by atomic mass is 10.1. The first-order valence-electron chi connectivity index (χ1n) is 10.5. The second kappa shape index (κ2) is 10.1. The standard InChI is InChI=1S/C26H22ClN3O3/c27-19-10-12-20(13-11-19)29-26(33)22-3-1-2-4-23(22)30-24(31)16-7-17-5-8-18(9-6-17)25(32)28-21-14-15-21/h1-13,16,21H,14-15H2,(H,28,32)(H,29,33)(H,30,31)/b16-7+. The number of halogens is 1. The van der Waals surface area contributed by atoms with E-state index in [0.29, 0.717) is 33.6 Å². The van der Waals surface area contributed by atoms with Gasteiger partial charge in [0, 0.05) is 28.4 Å². The van der Waals surface area contributed by atoms with Crippen molar-refractivity contribution in [3.63, 3.8) is 0 Å². The quantitative estimate of drug-likeness (QED) is 0.428. The van der Waals surface area contributed by atoms with Crippen molar-refractivity contribution in [1.82, 2.24) is 5.32 Å². The molecule has 0 aromatic heterocycles. The van der Waals surface area contributed by atoms with E-state index in [1.165, 1.54) is 6.08 Å². The van der Waals surface area contributed by atoms with E-state index in [-0.39, 0.29) is 17.7 Å².